The number of fused-ring (bicyclic) bond motifs is 1. The van der Waals surface area contributed by atoms with Crippen molar-refractivity contribution in [2.45, 2.75) is 25.8 Å². The summed E-state index contributed by atoms with van der Waals surface area (Å²) in [4.78, 5) is 35.1. The minimum atomic E-state index is -1.09. The highest BCUT2D eigenvalue weighted by Gasteiger charge is 2.33. The van der Waals surface area contributed by atoms with Gasteiger partial charge in [0.25, 0.3) is 0 Å². The number of nitro benzene ring substituents is 1. The molecule has 3 rings (SSSR count). The van der Waals surface area contributed by atoms with E-state index < -0.39 is 32.8 Å². The molecule has 0 spiro atoms. The first-order chi connectivity index (χ1) is 11.4. The Balaban J connectivity index is 2.45. The van der Waals surface area contributed by atoms with E-state index in [9.17, 15) is 24.1 Å². The molecule has 1 aliphatic carbocycles. The van der Waals surface area contributed by atoms with Gasteiger partial charge in [-0.2, -0.15) is 0 Å². The molecule has 1 aromatic heterocycles. The lowest BCUT2D eigenvalue weighted by Crippen LogP contribution is -2.21. The van der Waals surface area contributed by atoms with Crippen LogP contribution in [-0.2, 0) is 4.74 Å². The summed E-state index contributed by atoms with van der Waals surface area (Å²) in [5.74, 6) is -1.94. The van der Waals surface area contributed by atoms with Crippen LogP contribution in [0.4, 0.5) is 10.1 Å². The molecule has 0 saturated heterocycles. The van der Waals surface area contributed by atoms with Gasteiger partial charge in [-0.25, -0.2) is 9.18 Å². The summed E-state index contributed by atoms with van der Waals surface area (Å²) in [7, 11) is 0. The van der Waals surface area contributed by atoms with E-state index in [1.54, 1.807) is 6.92 Å². The number of nitro groups is 1. The molecule has 126 valence electrons. The van der Waals surface area contributed by atoms with Gasteiger partial charge < -0.3 is 9.30 Å². The van der Waals surface area contributed by atoms with Gasteiger partial charge in [0.15, 0.2) is 5.02 Å². The third-order valence-corrected chi connectivity index (χ3v) is 4.16. The van der Waals surface area contributed by atoms with Crippen LogP contribution in [0, 0.1) is 15.9 Å². The summed E-state index contributed by atoms with van der Waals surface area (Å²) >= 11 is 5.74. The molecule has 2 aromatic rings. The Morgan fingerprint density at radius 2 is 2.21 bits per heavy atom. The summed E-state index contributed by atoms with van der Waals surface area (Å²) in [6.45, 7) is 1.65. The average molecular weight is 355 g/mol. The van der Waals surface area contributed by atoms with Crippen LogP contribution in [0.15, 0.2) is 17.1 Å². The quantitative estimate of drug-likeness (QED) is 0.477. The Kier molecular flexibility index (Phi) is 4.00. The van der Waals surface area contributed by atoms with Gasteiger partial charge in [0.05, 0.1) is 16.9 Å². The van der Waals surface area contributed by atoms with Crippen LogP contribution in [0.25, 0.3) is 10.9 Å². The number of aromatic nitrogens is 1. The molecule has 0 unspecified atom stereocenters. The second-order valence-electron chi connectivity index (χ2n) is 5.41. The lowest BCUT2D eigenvalue weighted by Gasteiger charge is -2.13. The zero-order chi connectivity index (χ0) is 17.6. The van der Waals surface area contributed by atoms with E-state index in [1.807, 2.05) is 0 Å². The van der Waals surface area contributed by atoms with Gasteiger partial charge in [0.1, 0.15) is 16.9 Å². The molecule has 0 atom stereocenters. The third kappa shape index (κ3) is 2.52. The first-order valence-electron chi connectivity index (χ1n) is 7.25. The number of hydrogen-bond donors (Lipinski definition) is 0. The lowest BCUT2D eigenvalue weighted by molar-refractivity contribution is -0.383. The number of esters is 1. The van der Waals surface area contributed by atoms with Crippen molar-refractivity contribution in [3.05, 3.63) is 49.0 Å². The molecule has 9 heteroatoms. The first kappa shape index (κ1) is 16.4. The zero-order valence-corrected chi connectivity index (χ0v) is 13.3. The summed E-state index contributed by atoms with van der Waals surface area (Å²) in [5, 5.41) is 10.4. The van der Waals surface area contributed by atoms with Gasteiger partial charge >= 0.3 is 11.7 Å². The number of carbonyl (C=O) groups excluding carboxylic acids is 1. The number of hydrogen-bond acceptors (Lipinski definition) is 5. The number of benzene rings is 1. The van der Waals surface area contributed by atoms with Crippen LogP contribution in [0.5, 0.6) is 0 Å². The molecular formula is C15H12ClFN2O5. The standard InChI is InChI=1S/C15H12ClFN2O5/c1-2-24-15(21)9-6-18(7-3-4-7)12-8(14(9)20)5-10(17)11(16)13(12)19(22)23/h5-7H,2-4H2,1H3. The van der Waals surface area contributed by atoms with Crippen molar-refractivity contribution >= 4 is 34.2 Å². The van der Waals surface area contributed by atoms with Crippen LogP contribution >= 0.6 is 11.6 Å². The van der Waals surface area contributed by atoms with Crippen LogP contribution in [-0.4, -0.2) is 22.1 Å². The monoisotopic (exact) mass is 354 g/mol. The molecule has 0 aliphatic heterocycles. The Morgan fingerprint density at radius 1 is 1.54 bits per heavy atom. The lowest BCUT2D eigenvalue weighted by atomic mass is 10.1. The van der Waals surface area contributed by atoms with Crippen molar-refractivity contribution in [2.24, 2.45) is 0 Å². The van der Waals surface area contributed by atoms with Crippen molar-refractivity contribution in [3.63, 3.8) is 0 Å². The van der Waals surface area contributed by atoms with Crippen molar-refractivity contribution in [1.82, 2.24) is 4.57 Å². The molecule has 1 heterocycles. The summed E-state index contributed by atoms with van der Waals surface area (Å²) < 4.78 is 20.3. The predicted octanol–water partition coefficient (Wildman–Crippen LogP) is 3.21. The topological polar surface area (TPSA) is 91.4 Å². The average Bonchev–Trinajstić information content (AvgIpc) is 3.34. The number of rotatable bonds is 4. The summed E-state index contributed by atoms with van der Waals surface area (Å²) in [6.07, 6.45) is 2.69. The number of carbonyl (C=O) groups is 1. The SMILES string of the molecule is CCOC(=O)c1cn(C2CC2)c2c([N+](=O)[O-])c(Cl)c(F)cc2c1=O. The Hall–Kier alpha value is -2.48. The molecule has 0 radical (unpaired) electrons. The molecule has 7 nitrogen and oxygen atoms in total. The van der Waals surface area contributed by atoms with Gasteiger partial charge in [-0.05, 0) is 25.8 Å². The van der Waals surface area contributed by atoms with Gasteiger partial charge in [-0.15, -0.1) is 0 Å². The molecule has 1 saturated carbocycles. The van der Waals surface area contributed by atoms with E-state index in [0.29, 0.717) is 0 Å². The fourth-order valence-corrected chi connectivity index (χ4v) is 2.82. The van der Waals surface area contributed by atoms with Crippen molar-refractivity contribution < 1.29 is 18.8 Å². The van der Waals surface area contributed by atoms with Gasteiger partial charge in [-0.3, -0.25) is 14.9 Å². The molecule has 24 heavy (non-hydrogen) atoms. The smallest absolute Gasteiger partial charge is 0.343 e. The minimum absolute atomic E-state index is 0.0644. The summed E-state index contributed by atoms with van der Waals surface area (Å²) in [6, 6.07) is 0.718. The van der Waals surface area contributed by atoms with E-state index in [-0.39, 0.29) is 29.1 Å². The number of ether oxygens (including phenoxy) is 1. The maximum atomic E-state index is 14.0. The maximum absolute atomic E-state index is 14.0. The maximum Gasteiger partial charge on any atom is 0.343 e. The molecule has 0 amide bonds. The Labute approximate surface area is 139 Å². The van der Waals surface area contributed by atoms with Gasteiger partial charge in [0, 0.05) is 12.2 Å². The first-order valence-corrected chi connectivity index (χ1v) is 7.63. The van der Waals surface area contributed by atoms with Gasteiger partial charge in [-0.1, -0.05) is 11.6 Å². The molecular weight excluding hydrogens is 343 g/mol. The second kappa shape index (κ2) is 5.86. The van der Waals surface area contributed by atoms with E-state index in [4.69, 9.17) is 16.3 Å². The van der Waals surface area contributed by atoms with Gasteiger partial charge in [0.2, 0.25) is 5.43 Å². The van der Waals surface area contributed by atoms with Crippen LogP contribution in [0.1, 0.15) is 36.2 Å². The molecule has 0 bridgehead atoms. The zero-order valence-electron chi connectivity index (χ0n) is 12.5. The number of nitrogens with zero attached hydrogens (tertiary/aromatic N) is 2. The van der Waals surface area contributed by atoms with E-state index >= 15 is 0 Å². The van der Waals surface area contributed by atoms with Crippen LogP contribution in [0.2, 0.25) is 5.02 Å². The van der Waals surface area contributed by atoms with Crippen LogP contribution < -0.4 is 5.43 Å². The van der Waals surface area contributed by atoms with E-state index in [2.05, 4.69) is 0 Å². The number of pyridine rings is 1. The molecule has 1 aromatic carbocycles. The number of halogens is 2. The van der Waals surface area contributed by atoms with E-state index in [0.717, 1.165) is 18.9 Å². The third-order valence-electron chi connectivity index (χ3n) is 3.80. The minimum Gasteiger partial charge on any atom is -0.462 e. The predicted molar refractivity (Wildman–Crippen MR) is 84.1 cm³/mol. The van der Waals surface area contributed by atoms with Crippen molar-refractivity contribution in [3.8, 4) is 0 Å². The molecule has 1 fully saturated rings. The fraction of sp³-hybridized carbons (Fsp3) is 0.333. The largest absolute Gasteiger partial charge is 0.462 e. The molecule has 0 N–H and O–H groups in total. The second-order valence-corrected chi connectivity index (χ2v) is 5.78. The Bertz CT molecular complexity index is 936. The van der Waals surface area contributed by atoms with Crippen molar-refractivity contribution in [2.75, 3.05) is 6.61 Å². The van der Waals surface area contributed by atoms with Crippen LogP contribution in [0.3, 0.4) is 0 Å². The fourth-order valence-electron chi connectivity index (χ4n) is 2.61. The normalized spacial score (nSPS) is 14.0. The van der Waals surface area contributed by atoms with E-state index in [1.165, 1.54) is 10.8 Å². The summed E-state index contributed by atoms with van der Waals surface area (Å²) in [5.41, 5.74) is -1.86. The highest BCUT2D eigenvalue weighted by molar-refractivity contribution is 6.34. The van der Waals surface area contributed by atoms with Crippen molar-refractivity contribution in [1.29, 1.82) is 0 Å². The highest BCUT2D eigenvalue weighted by atomic mass is 35.5. The molecule has 1 aliphatic rings. The highest BCUT2D eigenvalue weighted by Crippen LogP contribution is 2.41. The Morgan fingerprint density at radius 3 is 2.75 bits per heavy atom.